The SMILES string of the molecule is Cn1cccc1C(=O)NCc1cccs1. The second-order valence-electron chi connectivity index (χ2n) is 3.27. The lowest BCUT2D eigenvalue weighted by Gasteiger charge is -2.04. The summed E-state index contributed by atoms with van der Waals surface area (Å²) in [6.45, 7) is 0.599. The van der Waals surface area contributed by atoms with E-state index in [1.165, 1.54) is 0 Å². The van der Waals surface area contributed by atoms with Crippen LogP contribution in [0.4, 0.5) is 0 Å². The smallest absolute Gasteiger partial charge is 0.268 e. The van der Waals surface area contributed by atoms with E-state index in [0.717, 1.165) is 4.88 Å². The lowest BCUT2D eigenvalue weighted by atomic mass is 10.4. The normalized spacial score (nSPS) is 10.2. The van der Waals surface area contributed by atoms with Crippen molar-refractivity contribution in [2.75, 3.05) is 0 Å². The number of hydrogen-bond donors (Lipinski definition) is 1. The van der Waals surface area contributed by atoms with E-state index in [4.69, 9.17) is 0 Å². The maximum absolute atomic E-state index is 11.7. The van der Waals surface area contributed by atoms with Crippen molar-refractivity contribution in [1.82, 2.24) is 9.88 Å². The minimum Gasteiger partial charge on any atom is -0.347 e. The molecule has 2 aromatic heterocycles. The largest absolute Gasteiger partial charge is 0.347 e. The third-order valence-corrected chi connectivity index (χ3v) is 3.06. The Morgan fingerprint density at radius 3 is 2.93 bits per heavy atom. The van der Waals surface area contributed by atoms with Gasteiger partial charge in [0.15, 0.2) is 0 Å². The number of nitrogens with zero attached hydrogens (tertiary/aromatic N) is 1. The Kier molecular flexibility index (Phi) is 2.87. The molecule has 0 atom stereocenters. The van der Waals surface area contributed by atoms with Gasteiger partial charge in [0.05, 0.1) is 6.54 Å². The van der Waals surface area contributed by atoms with Crippen LogP contribution in [0, 0.1) is 0 Å². The zero-order chi connectivity index (χ0) is 10.7. The highest BCUT2D eigenvalue weighted by molar-refractivity contribution is 7.09. The van der Waals surface area contributed by atoms with E-state index < -0.39 is 0 Å². The molecule has 2 rings (SSSR count). The van der Waals surface area contributed by atoms with Gasteiger partial charge in [-0.2, -0.15) is 0 Å². The summed E-state index contributed by atoms with van der Waals surface area (Å²) in [6.07, 6.45) is 1.86. The van der Waals surface area contributed by atoms with Crippen molar-refractivity contribution in [3.05, 3.63) is 46.4 Å². The Labute approximate surface area is 92.4 Å². The number of nitrogens with one attached hydrogen (secondary N) is 1. The van der Waals surface area contributed by atoms with Crippen LogP contribution in [0.15, 0.2) is 35.8 Å². The molecule has 0 aliphatic rings. The van der Waals surface area contributed by atoms with Gasteiger partial charge in [-0.15, -0.1) is 11.3 Å². The molecule has 1 amide bonds. The Bertz CT molecular complexity index is 445. The molecule has 0 unspecified atom stereocenters. The first-order chi connectivity index (χ1) is 7.27. The summed E-state index contributed by atoms with van der Waals surface area (Å²) < 4.78 is 1.81. The molecule has 0 saturated heterocycles. The molecule has 0 radical (unpaired) electrons. The molecule has 0 aliphatic heterocycles. The van der Waals surface area contributed by atoms with Gasteiger partial charge < -0.3 is 9.88 Å². The van der Waals surface area contributed by atoms with E-state index in [2.05, 4.69) is 5.32 Å². The van der Waals surface area contributed by atoms with Gasteiger partial charge in [0.1, 0.15) is 5.69 Å². The van der Waals surface area contributed by atoms with Crippen LogP contribution in [0.3, 0.4) is 0 Å². The molecular formula is C11H12N2OS. The maximum Gasteiger partial charge on any atom is 0.268 e. The molecule has 4 heteroatoms. The summed E-state index contributed by atoms with van der Waals surface area (Å²) in [4.78, 5) is 12.9. The number of carbonyl (C=O) groups excluding carboxylic acids is 1. The second-order valence-corrected chi connectivity index (χ2v) is 4.30. The Morgan fingerprint density at radius 2 is 2.33 bits per heavy atom. The van der Waals surface area contributed by atoms with Crippen molar-refractivity contribution in [1.29, 1.82) is 0 Å². The van der Waals surface area contributed by atoms with Gasteiger partial charge in [0.2, 0.25) is 0 Å². The van der Waals surface area contributed by atoms with Crippen LogP contribution < -0.4 is 5.32 Å². The lowest BCUT2D eigenvalue weighted by molar-refractivity contribution is 0.0943. The molecule has 0 bridgehead atoms. The highest BCUT2D eigenvalue weighted by atomic mass is 32.1. The monoisotopic (exact) mass is 220 g/mol. The number of carbonyl (C=O) groups is 1. The van der Waals surface area contributed by atoms with Gasteiger partial charge in [-0.05, 0) is 23.6 Å². The quantitative estimate of drug-likeness (QED) is 0.843. The molecule has 0 aromatic carbocycles. The van der Waals surface area contributed by atoms with Crippen molar-refractivity contribution in [3.63, 3.8) is 0 Å². The number of aromatic nitrogens is 1. The third kappa shape index (κ3) is 2.27. The first kappa shape index (κ1) is 9.98. The predicted octanol–water partition coefficient (Wildman–Crippen LogP) is 2.02. The van der Waals surface area contributed by atoms with E-state index in [1.807, 2.05) is 47.5 Å². The van der Waals surface area contributed by atoms with E-state index in [1.54, 1.807) is 11.3 Å². The average Bonchev–Trinajstić information content (AvgIpc) is 2.84. The predicted molar refractivity (Wildman–Crippen MR) is 60.9 cm³/mol. The molecule has 0 aliphatic carbocycles. The molecule has 0 saturated carbocycles. The van der Waals surface area contributed by atoms with Crippen LogP contribution in [0.2, 0.25) is 0 Å². The van der Waals surface area contributed by atoms with Crippen LogP contribution in [0.1, 0.15) is 15.4 Å². The average molecular weight is 220 g/mol. The fourth-order valence-corrected chi connectivity index (χ4v) is 2.01. The van der Waals surface area contributed by atoms with Crippen molar-refractivity contribution in [2.24, 2.45) is 7.05 Å². The molecule has 0 fully saturated rings. The van der Waals surface area contributed by atoms with Crippen molar-refractivity contribution >= 4 is 17.2 Å². The second kappa shape index (κ2) is 4.31. The molecule has 78 valence electrons. The molecule has 2 aromatic rings. The van der Waals surface area contributed by atoms with Crippen LogP contribution >= 0.6 is 11.3 Å². The lowest BCUT2D eigenvalue weighted by Crippen LogP contribution is -2.24. The molecule has 1 N–H and O–H groups in total. The Morgan fingerprint density at radius 1 is 1.47 bits per heavy atom. The van der Waals surface area contributed by atoms with Crippen LogP contribution in [0.25, 0.3) is 0 Å². The van der Waals surface area contributed by atoms with Crippen LogP contribution in [-0.2, 0) is 13.6 Å². The molecule has 15 heavy (non-hydrogen) atoms. The van der Waals surface area contributed by atoms with Gasteiger partial charge in [-0.3, -0.25) is 4.79 Å². The number of hydrogen-bond acceptors (Lipinski definition) is 2. The standard InChI is InChI=1S/C11H12N2OS/c1-13-6-2-5-10(13)11(14)12-8-9-4-3-7-15-9/h2-7H,8H2,1H3,(H,12,14). The first-order valence-corrected chi connectivity index (χ1v) is 5.57. The zero-order valence-corrected chi connectivity index (χ0v) is 9.25. The summed E-state index contributed by atoms with van der Waals surface area (Å²) >= 11 is 1.64. The molecule has 3 nitrogen and oxygen atoms in total. The summed E-state index contributed by atoms with van der Waals surface area (Å²) in [5.74, 6) is -0.0316. The Balaban J connectivity index is 1.96. The summed E-state index contributed by atoms with van der Waals surface area (Å²) in [5, 5.41) is 4.88. The van der Waals surface area contributed by atoms with Crippen LogP contribution in [0.5, 0.6) is 0 Å². The van der Waals surface area contributed by atoms with Gasteiger partial charge in [0.25, 0.3) is 5.91 Å². The molecular weight excluding hydrogens is 208 g/mol. The van der Waals surface area contributed by atoms with E-state index in [-0.39, 0.29) is 5.91 Å². The van der Waals surface area contributed by atoms with E-state index >= 15 is 0 Å². The van der Waals surface area contributed by atoms with Crippen molar-refractivity contribution in [3.8, 4) is 0 Å². The Hall–Kier alpha value is -1.55. The topological polar surface area (TPSA) is 34.0 Å². The number of amides is 1. The van der Waals surface area contributed by atoms with Gasteiger partial charge in [0, 0.05) is 18.1 Å². The number of thiophene rings is 1. The fraction of sp³-hybridized carbons (Fsp3) is 0.182. The maximum atomic E-state index is 11.7. The van der Waals surface area contributed by atoms with E-state index in [0.29, 0.717) is 12.2 Å². The number of rotatable bonds is 3. The first-order valence-electron chi connectivity index (χ1n) is 4.69. The van der Waals surface area contributed by atoms with Crippen LogP contribution in [-0.4, -0.2) is 10.5 Å². The highest BCUT2D eigenvalue weighted by Gasteiger charge is 2.07. The number of aryl methyl sites for hydroxylation is 1. The molecule has 0 spiro atoms. The van der Waals surface area contributed by atoms with Gasteiger partial charge in [-0.25, -0.2) is 0 Å². The van der Waals surface area contributed by atoms with Crippen molar-refractivity contribution < 1.29 is 4.79 Å². The van der Waals surface area contributed by atoms with Gasteiger partial charge >= 0.3 is 0 Å². The van der Waals surface area contributed by atoms with E-state index in [9.17, 15) is 4.79 Å². The van der Waals surface area contributed by atoms with Crippen molar-refractivity contribution in [2.45, 2.75) is 6.54 Å². The highest BCUT2D eigenvalue weighted by Crippen LogP contribution is 2.08. The minimum atomic E-state index is -0.0316. The summed E-state index contributed by atoms with van der Waals surface area (Å²) in [5.41, 5.74) is 0.687. The summed E-state index contributed by atoms with van der Waals surface area (Å²) in [6, 6.07) is 7.66. The fourth-order valence-electron chi connectivity index (χ4n) is 1.37. The molecule has 2 heterocycles. The third-order valence-electron chi connectivity index (χ3n) is 2.18. The zero-order valence-electron chi connectivity index (χ0n) is 8.43. The summed E-state index contributed by atoms with van der Waals surface area (Å²) in [7, 11) is 1.86. The van der Waals surface area contributed by atoms with Gasteiger partial charge in [-0.1, -0.05) is 6.07 Å². The minimum absolute atomic E-state index is 0.0316.